The van der Waals surface area contributed by atoms with Gasteiger partial charge in [-0.2, -0.15) is 5.26 Å². The molecule has 0 saturated carbocycles. The molecule has 0 N–H and O–H groups in total. The Morgan fingerprint density at radius 3 is 1.38 bits per heavy atom. The maximum atomic E-state index is 13.0. The van der Waals surface area contributed by atoms with Gasteiger partial charge >= 0.3 is 0 Å². The third kappa shape index (κ3) is 6.06. The van der Waals surface area contributed by atoms with Gasteiger partial charge in [-0.1, -0.05) is 175 Å². The lowest BCUT2D eigenvalue weighted by molar-refractivity contribution is 0.591. The van der Waals surface area contributed by atoms with Gasteiger partial charge in [0.25, 0.3) is 0 Å². The lowest BCUT2D eigenvalue weighted by atomic mass is 9.82. The number of rotatable bonds is 4. The van der Waals surface area contributed by atoms with Crippen LogP contribution < -0.4 is 0 Å². The highest BCUT2D eigenvalue weighted by molar-refractivity contribution is 6.24. The summed E-state index contributed by atoms with van der Waals surface area (Å²) in [6.45, 7) is 21.8. The van der Waals surface area contributed by atoms with Gasteiger partial charge in [0, 0.05) is 53.9 Å². The summed E-state index contributed by atoms with van der Waals surface area (Å²) < 4.78 is 241. The number of benzene rings is 10. The van der Waals surface area contributed by atoms with Crippen molar-refractivity contribution in [3.63, 3.8) is 0 Å². The fourth-order valence-corrected chi connectivity index (χ4v) is 11.4. The van der Waals surface area contributed by atoms with Crippen LogP contribution in [0.1, 0.15) is 91.1 Å². The maximum absolute atomic E-state index is 13.0. The third-order valence-electron chi connectivity index (χ3n) is 14.6. The molecule has 0 aliphatic heterocycles. The molecule has 10 aromatic carbocycles. The normalized spacial score (nSPS) is 16.9. The van der Waals surface area contributed by atoms with Crippen LogP contribution in [0.25, 0.3) is 137 Å². The molecule has 0 radical (unpaired) electrons. The Hall–Kier alpha value is -9.82. The molecule has 0 saturated heterocycles. The Morgan fingerprint density at radius 1 is 0.468 bits per heavy atom. The van der Waals surface area contributed by atoms with E-state index in [9.17, 15) is 42.0 Å². The first-order valence-electron chi connectivity index (χ1n) is 36.4. The van der Waals surface area contributed by atoms with Crippen LogP contribution in [-0.2, 0) is 10.8 Å². The van der Waals surface area contributed by atoms with E-state index < -0.39 is 255 Å². The smallest absolute Gasteiger partial charge is 0.237 e. The molecular formula is C70H50N6O. The minimum atomic E-state index is -0.963. The fourth-order valence-electron chi connectivity index (χ4n) is 11.4. The van der Waals surface area contributed by atoms with Crippen LogP contribution in [0.4, 0.5) is 5.69 Å². The van der Waals surface area contributed by atoms with Crippen molar-refractivity contribution < 1.29 is 37.3 Å². The van der Waals surface area contributed by atoms with E-state index in [4.69, 9.17) is 7.16 Å². The van der Waals surface area contributed by atoms with Gasteiger partial charge in [-0.05, 0) is 82.5 Å². The van der Waals surface area contributed by atoms with Gasteiger partial charge in [0.05, 0.1) is 112 Å². The quantitative estimate of drug-likeness (QED) is 0.165. The minimum Gasteiger partial charge on any atom is -0.454 e. The van der Waals surface area contributed by atoms with Gasteiger partial charge in [0.1, 0.15) is 11.7 Å². The summed E-state index contributed by atoms with van der Waals surface area (Å²) in [6, 6.07) is -5.31. The highest BCUT2D eigenvalue weighted by Gasteiger charge is 2.36. The van der Waals surface area contributed by atoms with Crippen LogP contribution in [0, 0.1) is 17.9 Å². The molecular weight excluding hydrogens is 941 g/mol. The lowest BCUT2D eigenvalue weighted by Gasteiger charge is -2.27. The molecule has 15 aromatic rings. The molecule has 0 amide bonds. The van der Waals surface area contributed by atoms with Crippen molar-refractivity contribution in [2.75, 3.05) is 0 Å². The summed E-state index contributed by atoms with van der Waals surface area (Å²) in [4.78, 5) is 4.27. The van der Waals surface area contributed by atoms with Crippen molar-refractivity contribution in [2.24, 2.45) is 0 Å². The minimum absolute atomic E-state index is 0.0783. The fraction of sp³-hybridized carbons (Fsp3) is 0.114. The molecule has 5 heterocycles. The lowest BCUT2D eigenvalue weighted by Crippen LogP contribution is -2.15. The molecule has 5 aromatic heterocycles. The van der Waals surface area contributed by atoms with Crippen molar-refractivity contribution in [1.82, 2.24) is 18.3 Å². The summed E-state index contributed by atoms with van der Waals surface area (Å²) >= 11 is 0. The number of aromatic nitrogens is 4. The molecule has 0 aliphatic carbocycles. The average molecular weight is 1020 g/mol. The Morgan fingerprint density at radius 2 is 0.922 bits per heavy atom. The van der Waals surface area contributed by atoms with Gasteiger partial charge in [-0.15, -0.1) is 0 Å². The molecule has 7 nitrogen and oxygen atoms in total. The first-order chi connectivity index (χ1) is 47.4. The van der Waals surface area contributed by atoms with Gasteiger partial charge in [0.2, 0.25) is 5.69 Å². The molecule has 0 aliphatic rings. The highest BCUT2D eigenvalue weighted by Crippen LogP contribution is 2.54. The summed E-state index contributed by atoms with van der Waals surface area (Å²) in [5.74, 6) is 0. The first kappa shape index (κ1) is 26.6. The zero-order chi connectivity index (χ0) is 73.1. The van der Waals surface area contributed by atoms with Crippen LogP contribution in [0.15, 0.2) is 198 Å². The van der Waals surface area contributed by atoms with Crippen molar-refractivity contribution >= 4 is 115 Å². The van der Waals surface area contributed by atoms with Crippen LogP contribution in [-0.4, -0.2) is 18.3 Å². The van der Waals surface area contributed by atoms with Crippen molar-refractivity contribution in [3.05, 3.63) is 222 Å². The predicted molar refractivity (Wildman–Crippen MR) is 319 cm³/mol. The monoisotopic (exact) mass is 1010 g/mol. The number of nitriles is 1. The van der Waals surface area contributed by atoms with E-state index in [-0.39, 0.29) is 16.6 Å². The Bertz CT molecular complexity index is 6190. The van der Waals surface area contributed by atoms with E-state index >= 15 is 0 Å². The van der Waals surface area contributed by atoms with Crippen molar-refractivity contribution in [1.29, 1.82) is 5.26 Å². The zero-order valence-corrected chi connectivity index (χ0v) is 41.7. The molecule has 0 spiro atoms. The van der Waals surface area contributed by atoms with E-state index in [0.717, 1.165) is 24.8 Å². The van der Waals surface area contributed by atoms with Crippen LogP contribution >= 0.6 is 0 Å². The molecule has 7 heteroatoms. The van der Waals surface area contributed by atoms with E-state index in [1.165, 1.54) is 4.57 Å². The number of para-hydroxylation sites is 7. The molecule has 0 unspecified atom stereocenters. The topological polar surface area (TPSA) is 61.0 Å². The van der Waals surface area contributed by atoms with E-state index in [0.29, 0.717) is 27.1 Å². The predicted octanol–water partition coefficient (Wildman–Crippen LogP) is 19.0. The number of fused-ring (bicyclic) bond motifs is 16. The summed E-state index contributed by atoms with van der Waals surface area (Å²) in [5.41, 5.74) is -8.07. The summed E-state index contributed by atoms with van der Waals surface area (Å²) in [6.07, 6.45) is 0. The van der Waals surface area contributed by atoms with Gasteiger partial charge < -0.3 is 22.7 Å². The van der Waals surface area contributed by atoms with Crippen LogP contribution in [0.2, 0.25) is 0 Å². The summed E-state index contributed by atoms with van der Waals surface area (Å²) in [7, 11) is 0. The zero-order valence-electron chi connectivity index (χ0n) is 65.7. The summed E-state index contributed by atoms with van der Waals surface area (Å²) in [5, 5.41) is 11.5. The van der Waals surface area contributed by atoms with E-state index in [1.54, 1.807) is 30.3 Å². The molecule has 0 atom stereocenters. The average Bonchev–Trinajstić information content (AvgIpc) is 1.51. The molecule has 366 valence electrons. The van der Waals surface area contributed by atoms with Gasteiger partial charge in [-0.25, -0.2) is 4.85 Å². The molecule has 15 rings (SSSR count). The third-order valence-corrected chi connectivity index (χ3v) is 14.6. The molecule has 0 fully saturated rings. The second kappa shape index (κ2) is 15.9. The Kier molecular flexibility index (Phi) is 5.48. The number of hydrogen-bond donors (Lipinski definition) is 0. The SMILES string of the molecule is [2H]c1c([2H])c([2H])c2c(c1[2H])c1c([2H])c([2H])c([2H])c([2H])c1n2-c1c(C#N)c(-n2c3c([2H])c([2H])c([2H])c([2H])c3c3c([2H])c([2H])c([2H])c([2H])c32)c(-n2c3ccc(C(C)(C)C)cc3c3cc(C(C)(C)C)c4c5ccccc5oc4c32)c(-n2c3c([2H])c([2H])c([2H])c([2H])c3c3c([2H])c([2H])c([2H])c([2H])c32)c1[N+]#[C-]. The van der Waals surface area contributed by atoms with E-state index in [1.807, 2.05) is 59.7 Å². The maximum Gasteiger partial charge on any atom is 0.237 e. The van der Waals surface area contributed by atoms with Crippen molar-refractivity contribution in [3.8, 4) is 28.8 Å². The second-order valence-corrected chi connectivity index (χ2v) is 20.9. The first-order valence-corrected chi connectivity index (χ1v) is 24.4. The highest BCUT2D eigenvalue weighted by atomic mass is 16.3. The number of furan rings is 1. The van der Waals surface area contributed by atoms with Gasteiger partial charge in [-0.3, -0.25) is 0 Å². The number of hydrogen-bond acceptors (Lipinski definition) is 2. The Labute approximate surface area is 477 Å². The Balaban J connectivity index is 1.43. The molecule has 0 bridgehead atoms. The van der Waals surface area contributed by atoms with Crippen LogP contribution in [0.5, 0.6) is 0 Å². The van der Waals surface area contributed by atoms with Gasteiger partial charge in [0.15, 0.2) is 5.58 Å². The second-order valence-electron chi connectivity index (χ2n) is 20.9. The molecule has 77 heavy (non-hydrogen) atoms. The van der Waals surface area contributed by atoms with Crippen molar-refractivity contribution in [2.45, 2.75) is 52.4 Å². The number of nitrogens with zero attached hydrogens (tertiary/aromatic N) is 6. The standard InChI is InChI=1S/C70H50N6O/c1-69(2,3)41-36-37-59-49(38-41)50-39-52(70(4,5)6)61-48-28-14-21-35-60(48)77-68(61)65(50)76(59)67-64(74-55-31-17-10-24-44(55)45-25-11-18-32-56(45)74)51(40-71)63(73-53-29-15-8-22-42(53)43-23-9-16-30-54(43)73)62(72-7)66(67)75-57-33-19-12-26-46(57)47-27-13-20-34-58(47)75/h8-39H,1-6H3/i8D,9D,10D,11D,12D,13D,15D,16D,17D,18D,19D,20D,22D,23D,24D,25D,26D,27D,29D,30D,31D,32D,33D,34D. The van der Waals surface area contributed by atoms with E-state index in [2.05, 4.69) is 10.9 Å². The largest absolute Gasteiger partial charge is 0.454 e. The van der Waals surface area contributed by atoms with Crippen LogP contribution in [0.3, 0.4) is 0 Å².